The van der Waals surface area contributed by atoms with Crippen LogP contribution < -0.4 is 5.32 Å². The molecule has 1 aromatic heterocycles. The molecule has 0 saturated heterocycles. The van der Waals surface area contributed by atoms with E-state index in [0.29, 0.717) is 0 Å². The van der Waals surface area contributed by atoms with Crippen molar-refractivity contribution in [2.45, 2.75) is 6.42 Å². The van der Waals surface area contributed by atoms with Gasteiger partial charge in [-0.3, -0.25) is 0 Å². The Morgan fingerprint density at radius 3 is 3.00 bits per heavy atom. The van der Waals surface area contributed by atoms with E-state index in [4.69, 9.17) is 0 Å². The highest BCUT2D eigenvalue weighted by atomic mass is 32.1. The standard InChI is InChI=1S/C6H9N2S/c1-3-6-8-5(7-2)4-9-6/h4,7H,1,3H2,2H3. The van der Waals surface area contributed by atoms with Gasteiger partial charge in [0.05, 0.1) is 5.01 Å². The van der Waals surface area contributed by atoms with Gasteiger partial charge in [-0.05, 0) is 13.3 Å². The van der Waals surface area contributed by atoms with Gasteiger partial charge in [0, 0.05) is 12.4 Å². The van der Waals surface area contributed by atoms with Crippen LogP contribution in [0.3, 0.4) is 0 Å². The maximum absolute atomic E-state index is 4.19. The van der Waals surface area contributed by atoms with Crippen molar-refractivity contribution >= 4 is 17.2 Å². The largest absolute Gasteiger partial charge is 0.372 e. The summed E-state index contributed by atoms with van der Waals surface area (Å²) in [6.07, 6.45) is 0.784. The molecule has 1 aromatic rings. The number of thiazole rings is 1. The molecule has 0 fully saturated rings. The molecule has 0 aliphatic heterocycles. The first-order valence-corrected chi connectivity index (χ1v) is 3.66. The zero-order chi connectivity index (χ0) is 6.69. The zero-order valence-corrected chi connectivity index (χ0v) is 6.16. The molecule has 0 aliphatic carbocycles. The van der Waals surface area contributed by atoms with Crippen molar-refractivity contribution in [3.8, 4) is 0 Å². The van der Waals surface area contributed by atoms with Gasteiger partial charge in [0.1, 0.15) is 5.82 Å². The van der Waals surface area contributed by atoms with Crippen LogP contribution in [0.4, 0.5) is 5.82 Å². The van der Waals surface area contributed by atoms with Gasteiger partial charge in [-0.15, -0.1) is 11.3 Å². The molecule has 1 heterocycles. The maximum atomic E-state index is 4.19. The smallest absolute Gasteiger partial charge is 0.137 e. The maximum Gasteiger partial charge on any atom is 0.137 e. The molecule has 0 amide bonds. The van der Waals surface area contributed by atoms with Crippen molar-refractivity contribution in [3.05, 3.63) is 17.3 Å². The average molecular weight is 141 g/mol. The summed E-state index contributed by atoms with van der Waals surface area (Å²) in [6.45, 7) is 3.72. The van der Waals surface area contributed by atoms with Gasteiger partial charge < -0.3 is 5.32 Å². The molecule has 0 unspecified atom stereocenters. The van der Waals surface area contributed by atoms with E-state index in [-0.39, 0.29) is 0 Å². The second kappa shape index (κ2) is 2.82. The van der Waals surface area contributed by atoms with Gasteiger partial charge in [-0.2, -0.15) is 0 Å². The first-order chi connectivity index (χ1) is 4.36. The molecule has 0 atom stereocenters. The lowest BCUT2D eigenvalue weighted by Gasteiger charge is -1.87. The van der Waals surface area contributed by atoms with Crippen LogP contribution in [-0.2, 0) is 6.42 Å². The molecule has 1 rings (SSSR count). The van der Waals surface area contributed by atoms with Crippen molar-refractivity contribution in [2.24, 2.45) is 0 Å². The molecule has 0 aromatic carbocycles. The Kier molecular flexibility index (Phi) is 2.05. The molecule has 0 saturated carbocycles. The molecule has 1 N–H and O–H groups in total. The van der Waals surface area contributed by atoms with Crippen LogP contribution in [0, 0.1) is 6.92 Å². The van der Waals surface area contributed by atoms with Gasteiger partial charge in [-0.25, -0.2) is 4.98 Å². The third-order valence-electron chi connectivity index (χ3n) is 1.02. The van der Waals surface area contributed by atoms with Crippen molar-refractivity contribution < 1.29 is 0 Å². The Balaban J connectivity index is 2.74. The summed E-state index contributed by atoms with van der Waals surface area (Å²) in [6, 6.07) is 0. The molecule has 49 valence electrons. The Bertz CT molecular complexity index is 164. The Hall–Kier alpha value is -0.570. The first-order valence-electron chi connectivity index (χ1n) is 2.78. The fraction of sp³-hybridized carbons (Fsp3) is 0.333. The average Bonchev–Trinajstić information content (AvgIpc) is 2.34. The van der Waals surface area contributed by atoms with E-state index in [0.717, 1.165) is 17.2 Å². The molecular formula is C6H9N2S. The minimum Gasteiger partial charge on any atom is -0.372 e. The molecule has 1 radical (unpaired) electrons. The van der Waals surface area contributed by atoms with E-state index in [2.05, 4.69) is 17.2 Å². The number of aromatic nitrogens is 1. The second-order valence-electron chi connectivity index (χ2n) is 1.63. The van der Waals surface area contributed by atoms with E-state index in [1.807, 2.05) is 12.4 Å². The summed E-state index contributed by atoms with van der Waals surface area (Å²) in [5, 5.41) is 6.02. The van der Waals surface area contributed by atoms with Crippen LogP contribution in [0.5, 0.6) is 0 Å². The zero-order valence-electron chi connectivity index (χ0n) is 5.35. The van der Waals surface area contributed by atoms with Crippen LogP contribution in [0.15, 0.2) is 5.38 Å². The van der Waals surface area contributed by atoms with E-state index >= 15 is 0 Å². The predicted octanol–water partition coefficient (Wildman–Crippen LogP) is 1.56. The van der Waals surface area contributed by atoms with Gasteiger partial charge in [-0.1, -0.05) is 0 Å². The quantitative estimate of drug-likeness (QED) is 0.676. The van der Waals surface area contributed by atoms with Crippen molar-refractivity contribution in [1.29, 1.82) is 0 Å². The second-order valence-corrected chi connectivity index (χ2v) is 2.57. The van der Waals surface area contributed by atoms with E-state index < -0.39 is 0 Å². The normalized spacial score (nSPS) is 9.56. The number of hydrogen-bond acceptors (Lipinski definition) is 3. The summed E-state index contributed by atoms with van der Waals surface area (Å²) in [5.41, 5.74) is 0. The third-order valence-corrected chi connectivity index (χ3v) is 1.93. The topological polar surface area (TPSA) is 24.9 Å². The number of rotatable bonds is 2. The summed E-state index contributed by atoms with van der Waals surface area (Å²) in [5.74, 6) is 0.943. The van der Waals surface area contributed by atoms with E-state index in [1.165, 1.54) is 0 Å². The Labute approximate surface area is 58.9 Å². The molecule has 0 bridgehead atoms. The molecule has 0 spiro atoms. The lowest BCUT2D eigenvalue weighted by Crippen LogP contribution is -1.87. The summed E-state index contributed by atoms with van der Waals surface area (Å²) in [7, 11) is 1.86. The lowest BCUT2D eigenvalue weighted by atomic mass is 10.5. The molecule has 0 aliphatic rings. The Morgan fingerprint density at radius 1 is 1.89 bits per heavy atom. The van der Waals surface area contributed by atoms with Crippen LogP contribution in [-0.4, -0.2) is 12.0 Å². The van der Waals surface area contributed by atoms with E-state index in [1.54, 1.807) is 11.3 Å². The minimum atomic E-state index is 0.784. The third kappa shape index (κ3) is 1.42. The number of nitrogens with one attached hydrogen (secondary N) is 1. The lowest BCUT2D eigenvalue weighted by molar-refractivity contribution is 1.18. The van der Waals surface area contributed by atoms with Gasteiger partial charge in [0.15, 0.2) is 0 Å². The number of anilines is 1. The summed E-state index contributed by atoms with van der Waals surface area (Å²) < 4.78 is 0. The molecule has 3 heteroatoms. The van der Waals surface area contributed by atoms with Crippen LogP contribution >= 0.6 is 11.3 Å². The highest BCUT2D eigenvalue weighted by Crippen LogP contribution is 2.12. The highest BCUT2D eigenvalue weighted by molar-refractivity contribution is 7.10. The van der Waals surface area contributed by atoms with Crippen LogP contribution in [0.25, 0.3) is 0 Å². The van der Waals surface area contributed by atoms with Crippen molar-refractivity contribution in [3.63, 3.8) is 0 Å². The molecule has 2 nitrogen and oxygen atoms in total. The van der Waals surface area contributed by atoms with Gasteiger partial charge in [0.25, 0.3) is 0 Å². The fourth-order valence-corrected chi connectivity index (χ4v) is 1.23. The van der Waals surface area contributed by atoms with Gasteiger partial charge >= 0.3 is 0 Å². The Morgan fingerprint density at radius 2 is 2.67 bits per heavy atom. The van der Waals surface area contributed by atoms with Crippen LogP contribution in [0.1, 0.15) is 5.01 Å². The summed E-state index contributed by atoms with van der Waals surface area (Å²) >= 11 is 1.64. The highest BCUT2D eigenvalue weighted by Gasteiger charge is 1.94. The SMILES string of the molecule is [CH2]Cc1nc(NC)cs1. The predicted molar refractivity (Wildman–Crippen MR) is 40.7 cm³/mol. The molecule has 9 heavy (non-hydrogen) atoms. The van der Waals surface area contributed by atoms with Crippen molar-refractivity contribution in [2.75, 3.05) is 12.4 Å². The van der Waals surface area contributed by atoms with Crippen LogP contribution in [0.2, 0.25) is 0 Å². The number of hydrogen-bond donors (Lipinski definition) is 1. The fourth-order valence-electron chi connectivity index (χ4n) is 0.541. The monoisotopic (exact) mass is 141 g/mol. The summed E-state index contributed by atoms with van der Waals surface area (Å²) in [4.78, 5) is 4.19. The number of nitrogens with zero attached hydrogens (tertiary/aromatic N) is 1. The van der Waals surface area contributed by atoms with E-state index in [9.17, 15) is 0 Å². The van der Waals surface area contributed by atoms with Gasteiger partial charge in [0.2, 0.25) is 0 Å². The first kappa shape index (κ1) is 6.55. The van der Waals surface area contributed by atoms with Crippen molar-refractivity contribution in [1.82, 2.24) is 4.98 Å². The molecular weight excluding hydrogens is 132 g/mol. The minimum absolute atomic E-state index is 0.784.